The normalized spacial score (nSPS) is 10.8. The predicted octanol–water partition coefficient (Wildman–Crippen LogP) is 5.90. The number of hydrogen-bond donors (Lipinski definition) is 1. The van der Waals surface area contributed by atoms with E-state index >= 15 is 0 Å². The summed E-state index contributed by atoms with van der Waals surface area (Å²) in [5.74, 6) is 0.389. The van der Waals surface area contributed by atoms with Gasteiger partial charge in [0.15, 0.2) is 0 Å². The average molecular weight is 414 g/mol. The van der Waals surface area contributed by atoms with E-state index in [1.165, 1.54) is 21.8 Å². The SMILES string of the molecule is CCOC(=O)c1c(NC(=O)CCCSc2ccc(C)cc2)sc2ccccc12. The van der Waals surface area contributed by atoms with Crippen LogP contribution in [-0.2, 0) is 9.53 Å². The standard InChI is InChI=1S/C22H23NO3S2/c1-3-26-22(25)20-17-7-4-5-8-18(17)28-21(20)23-19(24)9-6-14-27-16-12-10-15(2)11-13-16/h4-5,7-8,10-13H,3,6,9,14H2,1-2H3,(H,23,24). The highest BCUT2D eigenvalue weighted by Gasteiger charge is 2.21. The number of anilines is 1. The molecule has 0 aliphatic rings. The molecule has 0 fully saturated rings. The molecule has 0 radical (unpaired) electrons. The Balaban J connectivity index is 1.60. The maximum absolute atomic E-state index is 12.4. The number of nitrogens with one attached hydrogen (secondary N) is 1. The molecule has 1 amide bonds. The van der Waals surface area contributed by atoms with Gasteiger partial charge in [-0.15, -0.1) is 23.1 Å². The second-order valence-electron chi connectivity index (χ2n) is 6.34. The molecule has 3 aromatic rings. The van der Waals surface area contributed by atoms with Gasteiger partial charge in [0.25, 0.3) is 0 Å². The molecule has 3 rings (SSSR count). The molecule has 1 heterocycles. The molecule has 0 aliphatic carbocycles. The van der Waals surface area contributed by atoms with Crippen molar-refractivity contribution >= 4 is 50.1 Å². The Morgan fingerprint density at radius 2 is 1.86 bits per heavy atom. The number of thioether (sulfide) groups is 1. The van der Waals surface area contributed by atoms with Crippen LogP contribution < -0.4 is 5.32 Å². The van der Waals surface area contributed by atoms with Crippen molar-refractivity contribution in [2.24, 2.45) is 0 Å². The molecular formula is C22H23NO3S2. The minimum Gasteiger partial charge on any atom is -0.462 e. The molecule has 28 heavy (non-hydrogen) atoms. The summed E-state index contributed by atoms with van der Waals surface area (Å²) in [5.41, 5.74) is 1.69. The van der Waals surface area contributed by atoms with Crippen LogP contribution >= 0.6 is 23.1 Å². The van der Waals surface area contributed by atoms with Gasteiger partial charge in [-0.25, -0.2) is 4.79 Å². The van der Waals surface area contributed by atoms with E-state index in [9.17, 15) is 9.59 Å². The molecule has 1 N–H and O–H groups in total. The molecule has 0 spiro atoms. The minimum atomic E-state index is -0.398. The van der Waals surface area contributed by atoms with Crippen LogP contribution in [0.3, 0.4) is 0 Å². The van der Waals surface area contributed by atoms with Crippen molar-refractivity contribution in [3.63, 3.8) is 0 Å². The van der Waals surface area contributed by atoms with Crippen LogP contribution in [0.5, 0.6) is 0 Å². The molecule has 0 saturated heterocycles. The second-order valence-corrected chi connectivity index (χ2v) is 8.56. The van der Waals surface area contributed by atoms with Gasteiger partial charge in [0.1, 0.15) is 10.6 Å². The van der Waals surface area contributed by atoms with Crippen molar-refractivity contribution in [3.8, 4) is 0 Å². The molecule has 0 unspecified atom stereocenters. The number of benzene rings is 2. The summed E-state index contributed by atoms with van der Waals surface area (Å²) >= 11 is 3.15. The van der Waals surface area contributed by atoms with E-state index < -0.39 is 5.97 Å². The molecule has 0 aliphatic heterocycles. The highest BCUT2D eigenvalue weighted by molar-refractivity contribution is 7.99. The molecule has 146 valence electrons. The van der Waals surface area contributed by atoms with Crippen LogP contribution in [0.4, 0.5) is 5.00 Å². The number of esters is 1. The van der Waals surface area contributed by atoms with Crippen molar-refractivity contribution in [1.82, 2.24) is 0 Å². The molecule has 4 nitrogen and oxygen atoms in total. The van der Waals surface area contributed by atoms with E-state index in [0.29, 0.717) is 23.6 Å². The summed E-state index contributed by atoms with van der Waals surface area (Å²) < 4.78 is 6.14. The summed E-state index contributed by atoms with van der Waals surface area (Å²) in [4.78, 5) is 26.0. The van der Waals surface area contributed by atoms with Crippen LogP contribution in [-0.4, -0.2) is 24.2 Å². The van der Waals surface area contributed by atoms with Crippen LogP contribution in [0.15, 0.2) is 53.4 Å². The third-order valence-electron chi connectivity index (χ3n) is 4.17. The number of rotatable bonds is 8. The van der Waals surface area contributed by atoms with Crippen molar-refractivity contribution in [2.75, 3.05) is 17.7 Å². The molecule has 0 saturated carbocycles. The number of amides is 1. The molecule has 0 bridgehead atoms. The van der Waals surface area contributed by atoms with Crippen molar-refractivity contribution < 1.29 is 14.3 Å². The molecule has 0 atom stereocenters. The number of fused-ring (bicyclic) bond motifs is 1. The Hall–Kier alpha value is -2.31. The zero-order valence-electron chi connectivity index (χ0n) is 16.0. The Labute approximate surface area is 173 Å². The highest BCUT2D eigenvalue weighted by atomic mass is 32.2. The quantitative estimate of drug-likeness (QED) is 0.284. The maximum Gasteiger partial charge on any atom is 0.341 e. The Morgan fingerprint density at radius 3 is 2.61 bits per heavy atom. The summed E-state index contributed by atoms with van der Waals surface area (Å²) in [6, 6.07) is 16.0. The fraction of sp³-hybridized carbons (Fsp3) is 0.273. The minimum absolute atomic E-state index is 0.0818. The van der Waals surface area contributed by atoms with Gasteiger partial charge < -0.3 is 10.1 Å². The fourth-order valence-electron chi connectivity index (χ4n) is 2.79. The van der Waals surface area contributed by atoms with Crippen molar-refractivity contribution in [3.05, 3.63) is 59.7 Å². The average Bonchev–Trinajstić information content (AvgIpc) is 3.04. The first-order valence-corrected chi connectivity index (χ1v) is 11.1. The Kier molecular flexibility index (Phi) is 7.12. The van der Waals surface area contributed by atoms with Gasteiger partial charge in [-0.3, -0.25) is 4.79 Å². The largest absolute Gasteiger partial charge is 0.462 e. The zero-order valence-corrected chi connectivity index (χ0v) is 17.6. The Morgan fingerprint density at radius 1 is 1.11 bits per heavy atom. The third kappa shape index (κ3) is 5.14. The Bertz CT molecular complexity index is 964. The van der Waals surface area contributed by atoms with Gasteiger partial charge >= 0.3 is 5.97 Å². The summed E-state index contributed by atoms with van der Waals surface area (Å²) in [6.45, 7) is 4.14. The predicted molar refractivity (Wildman–Crippen MR) is 118 cm³/mol. The first kappa shape index (κ1) is 20.4. The number of thiophene rings is 1. The van der Waals surface area contributed by atoms with Gasteiger partial charge in [0.05, 0.1) is 6.61 Å². The lowest BCUT2D eigenvalue weighted by Crippen LogP contribution is -2.14. The summed E-state index contributed by atoms with van der Waals surface area (Å²) in [7, 11) is 0. The van der Waals surface area contributed by atoms with Gasteiger partial charge in [-0.1, -0.05) is 35.9 Å². The van der Waals surface area contributed by atoms with E-state index in [1.807, 2.05) is 24.3 Å². The third-order valence-corrected chi connectivity index (χ3v) is 6.35. The van der Waals surface area contributed by atoms with Gasteiger partial charge in [-0.05, 0) is 44.2 Å². The number of ether oxygens (including phenoxy) is 1. The smallest absolute Gasteiger partial charge is 0.341 e. The first-order valence-electron chi connectivity index (χ1n) is 9.26. The molecular weight excluding hydrogens is 390 g/mol. The van der Waals surface area contributed by atoms with E-state index in [2.05, 4.69) is 36.5 Å². The van der Waals surface area contributed by atoms with E-state index in [1.54, 1.807) is 18.7 Å². The van der Waals surface area contributed by atoms with E-state index in [0.717, 1.165) is 22.3 Å². The lowest BCUT2D eigenvalue weighted by atomic mass is 10.1. The summed E-state index contributed by atoms with van der Waals surface area (Å²) in [6.07, 6.45) is 1.18. The number of hydrogen-bond acceptors (Lipinski definition) is 5. The highest BCUT2D eigenvalue weighted by Crippen LogP contribution is 2.36. The van der Waals surface area contributed by atoms with Gasteiger partial charge in [0.2, 0.25) is 5.91 Å². The van der Waals surface area contributed by atoms with E-state index in [-0.39, 0.29) is 5.91 Å². The topological polar surface area (TPSA) is 55.4 Å². The number of aryl methyl sites for hydroxylation is 1. The second kappa shape index (κ2) is 9.75. The first-order chi connectivity index (χ1) is 13.6. The lowest BCUT2D eigenvalue weighted by Gasteiger charge is -2.07. The van der Waals surface area contributed by atoms with Crippen molar-refractivity contribution in [2.45, 2.75) is 31.6 Å². The van der Waals surface area contributed by atoms with Gasteiger partial charge in [-0.2, -0.15) is 0 Å². The zero-order chi connectivity index (χ0) is 19.9. The maximum atomic E-state index is 12.4. The summed E-state index contributed by atoms with van der Waals surface area (Å²) in [5, 5.41) is 4.30. The number of carbonyl (C=O) groups excluding carboxylic acids is 2. The lowest BCUT2D eigenvalue weighted by molar-refractivity contribution is -0.116. The fourth-order valence-corrected chi connectivity index (χ4v) is 4.75. The van der Waals surface area contributed by atoms with Crippen molar-refractivity contribution in [1.29, 1.82) is 0 Å². The number of carbonyl (C=O) groups is 2. The van der Waals surface area contributed by atoms with Crippen LogP contribution in [0.1, 0.15) is 35.7 Å². The van der Waals surface area contributed by atoms with Crippen LogP contribution in [0.2, 0.25) is 0 Å². The monoisotopic (exact) mass is 413 g/mol. The molecule has 2 aromatic carbocycles. The van der Waals surface area contributed by atoms with Gasteiger partial charge in [0, 0.05) is 21.4 Å². The van der Waals surface area contributed by atoms with Crippen LogP contribution in [0.25, 0.3) is 10.1 Å². The molecule has 1 aromatic heterocycles. The van der Waals surface area contributed by atoms with Crippen LogP contribution in [0, 0.1) is 6.92 Å². The van der Waals surface area contributed by atoms with E-state index in [4.69, 9.17) is 4.74 Å². The molecule has 6 heteroatoms.